The van der Waals surface area contributed by atoms with Gasteiger partial charge in [0.2, 0.25) is 0 Å². The van der Waals surface area contributed by atoms with Crippen molar-refractivity contribution < 1.29 is 4.39 Å². The molecule has 13 heavy (non-hydrogen) atoms. The van der Waals surface area contributed by atoms with Crippen molar-refractivity contribution in [3.05, 3.63) is 35.6 Å². The van der Waals surface area contributed by atoms with E-state index in [0.717, 1.165) is 5.56 Å². The molecule has 0 saturated heterocycles. The van der Waals surface area contributed by atoms with Crippen molar-refractivity contribution in [1.29, 1.82) is 0 Å². The van der Waals surface area contributed by atoms with Crippen LogP contribution in [-0.2, 0) is 0 Å². The number of rotatable bonds is 2. The molecule has 0 bridgehead atoms. The Bertz CT molecular complexity index is 299. The minimum absolute atomic E-state index is 0.00870. The van der Waals surface area contributed by atoms with Gasteiger partial charge in [0, 0.05) is 0 Å². The molecule has 0 heterocycles. The molecular formula is C10H13FN2. The number of nitrogens with two attached hydrogens (primary N) is 1. The van der Waals surface area contributed by atoms with E-state index in [2.05, 4.69) is 4.99 Å². The van der Waals surface area contributed by atoms with Crippen molar-refractivity contribution in [1.82, 2.24) is 0 Å². The second kappa shape index (κ2) is 4.03. The van der Waals surface area contributed by atoms with Crippen LogP contribution in [0.4, 0.5) is 4.39 Å². The molecule has 0 spiro atoms. The molecule has 0 aliphatic rings. The lowest BCUT2D eigenvalue weighted by atomic mass is 10.1. The summed E-state index contributed by atoms with van der Waals surface area (Å²) >= 11 is 0. The molecule has 0 aromatic heterocycles. The Morgan fingerprint density at radius 2 is 1.92 bits per heavy atom. The normalized spacial score (nSPS) is 14.2. The van der Waals surface area contributed by atoms with Crippen molar-refractivity contribution in [3.8, 4) is 0 Å². The topological polar surface area (TPSA) is 38.4 Å². The average Bonchev–Trinajstić information content (AvgIpc) is 2.04. The van der Waals surface area contributed by atoms with E-state index in [4.69, 9.17) is 5.73 Å². The first kappa shape index (κ1) is 9.71. The Hall–Kier alpha value is -1.38. The van der Waals surface area contributed by atoms with Gasteiger partial charge in [0.25, 0.3) is 0 Å². The standard InChI is InChI=1S/C10H13FN2/c1-7(13-8(2)12)9-3-5-10(11)6-4-9/h3-7H,1-2H3,(H2,12,13). The van der Waals surface area contributed by atoms with Crippen LogP contribution in [0.5, 0.6) is 0 Å². The number of hydrogen-bond donors (Lipinski definition) is 1. The highest BCUT2D eigenvalue weighted by molar-refractivity contribution is 5.77. The van der Waals surface area contributed by atoms with Crippen LogP contribution in [0, 0.1) is 5.82 Å². The fourth-order valence-electron chi connectivity index (χ4n) is 1.12. The summed E-state index contributed by atoms with van der Waals surface area (Å²) in [5.74, 6) is 0.307. The largest absolute Gasteiger partial charge is 0.388 e. The summed E-state index contributed by atoms with van der Waals surface area (Å²) in [5.41, 5.74) is 6.40. The van der Waals surface area contributed by atoms with E-state index >= 15 is 0 Å². The molecule has 0 saturated carbocycles. The lowest BCUT2D eigenvalue weighted by Gasteiger charge is -2.06. The van der Waals surface area contributed by atoms with Crippen molar-refractivity contribution in [2.45, 2.75) is 19.9 Å². The molecule has 0 aliphatic carbocycles. The van der Waals surface area contributed by atoms with E-state index in [1.165, 1.54) is 12.1 Å². The van der Waals surface area contributed by atoms with Crippen LogP contribution in [0.3, 0.4) is 0 Å². The molecule has 2 nitrogen and oxygen atoms in total. The first-order valence-electron chi connectivity index (χ1n) is 4.15. The molecule has 70 valence electrons. The third kappa shape index (κ3) is 2.86. The van der Waals surface area contributed by atoms with E-state index in [9.17, 15) is 4.39 Å². The monoisotopic (exact) mass is 180 g/mol. The number of benzene rings is 1. The maximum Gasteiger partial charge on any atom is 0.123 e. The van der Waals surface area contributed by atoms with Gasteiger partial charge < -0.3 is 5.73 Å². The van der Waals surface area contributed by atoms with Crippen LogP contribution < -0.4 is 5.73 Å². The number of hydrogen-bond acceptors (Lipinski definition) is 1. The van der Waals surface area contributed by atoms with Gasteiger partial charge in [-0.25, -0.2) is 4.39 Å². The van der Waals surface area contributed by atoms with Crippen LogP contribution in [0.1, 0.15) is 25.5 Å². The average molecular weight is 180 g/mol. The first-order chi connectivity index (χ1) is 6.09. The highest BCUT2D eigenvalue weighted by atomic mass is 19.1. The molecule has 1 aromatic carbocycles. The Balaban J connectivity index is 2.83. The van der Waals surface area contributed by atoms with Crippen molar-refractivity contribution in [2.75, 3.05) is 0 Å². The minimum atomic E-state index is -0.232. The Kier molecular flexibility index (Phi) is 3.01. The van der Waals surface area contributed by atoms with Gasteiger partial charge in [-0.1, -0.05) is 12.1 Å². The van der Waals surface area contributed by atoms with Gasteiger partial charge in [-0.15, -0.1) is 0 Å². The number of halogens is 1. The first-order valence-corrected chi connectivity index (χ1v) is 4.15. The maximum absolute atomic E-state index is 12.6. The van der Waals surface area contributed by atoms with Gasteiger partial charge in [-0.2, -0.15) is 0 Å². The summed E-state index contributed by atoms with van der Waals surface area (Å²) in [6, 6.07) is 6.27. The minimum Gasteiger partial charge on any atom is -0.388 e. The van der Waals surface area contributed by atoms with Gasteiger partial charge in [0.15, 0.2) is 0 Å². The van der Waals surface area contributed by atoms with Crippen molar-refractivity contribution in [3.63, 3.8) is 0 Å². The van der Waals surface area contributed by atoms with Crippen molar-refractivity contribution >= 4 is 5.84 Å². The second-order valence-electron chi connectivity index (χ2n) is 3.00. The Morgan fingerprint density at radius 3 is 2.38 bits per heavy atom. The van der Waals surface area contributed by atoms with Crippen LogP contribution in [0.15, 0.2) is 29.3 Å². The maximum atomic E-state index is 12.6. The number of amidine groups is 1. The molecule has 0 amide bonds. The summed E-state index contributed by atoms with van der Waals surface area (Å²) in [4.78, 5) is 4.15. The highest BCUT2D eigenvalue weighted by Crippen LogP contribution is 2.16. The highest BCUT2D eigenvalue weighted by Gasteiger charge is 2.02. The zero-order valence-corrected chi connectivity index (χ0v) is 7.79. The van der Waals surface area contributed by atoms with Gasteiger partial charge in [0.05, 0.1) is 11.9 Å². The van der Waals surface area contributed by atoms with E-state index < -0.39 is 0 Å². The second-order valence-corrected chi connectivity index (χ2v) is 3.00. The third-order valence-electron chi connectivity index (χ3n) is 1.75. The van der Waals surface area contributed by atoms with Crippen LogP contribution >= 0.6 is 0 Å². The lowest BCUT2D eigenvalue weighted by molar-refractivity contribution is 0.626. The van der Waals surface area contributed by atoms with Crippen molar-refractivity contribution in [2.24, 2.45) is 10.7 Å². The molecule has 0 aliphatic heterocycles. The molecule has 1 atom stereocenters. The summed E-state index contributed by atoms with van der Waals surface area (Å²) in [7, 11) is 0. The summed E-state index contributed by atoms with van der Waals surface area (Å²) < 4.78 is 12.6. The van der Waals surface area contributed by atoms with E-state index in [1.807, 2.05) is 6.92 Å². The number of aliphatic imine (C=N–C) groups is 1. The molecule has 3 heteroatoms. The SMILES string of the molecule is CC(N)=NC(C)c1ccc(F)cc1. The van der Waals surface area contributed by atoms with Crippen LogP contribution in [-0.4, -0.2) is 5.84 Å². The van der Waals surface area contributed by atoms with Gasteiger partial charge >= 0.3 is 0 Å². The summed E-state index contributed by atoms with van der Waals surface area (Å²) in [6.45, 7) is 3.66. The third-order valence-corrected chi connectivity index (χ3v) is 1.75. The quantitative estimate of drug-likeness (QED) is 0.550. The van der Waals surface area contributed by atoms with E-state index in [0.29, 0.717) is 5.84 Å². The Morgan fingerprint density at radius 1 is 1.38 bits per heavy atom. The molecule has 0 radical (unpaired) electrons. The molecule has 1 unspecified atom stereocenters. The van der Waals surface area contributed by atoms with Crippen LogP contribution in [0.2, 0.25) is 0 Å². The van der Waals surface area contributed by atoms with Gasteiger partial charge in [0.1, 0.15) is 5.82 Å². The molecule has 0 fully saturated rings. The molecule has 2 N–H and O–H groups in total. The lowest BCUT2D eigenvalue weighted by Crippen LogP contribution is -2.07. The zero-order chi connectivity index (χ0) is 9.84. The predicted octanol–water partition coefficient (Wildman–Crippen LogP) is 2.26. The summed E-state index contributed by atoms with van der Waals surface area (Å²) in [6.07, 6.45) is 0. The molecule has 1 aromatic rings. The number of nitrogens with zero attached hydrogens (tertiary/aromatic N) is 1. The van der Waals surface area contributed by atoms with Gasteiger partial charge in [-0.05, 0) is 31.5 Å². The predicted molar refractivity (Wildman–Crippen MR) is 52.1 cm³/mol. The summed E-state index contributed by atoms with van der Waals surface area (Å²) in [5, 5.41) is 0. The fraction of sp³-hybridized carbons (Fsp3) is 0.300. The fourth-order valence-corrected chi connectivity index (χ4v) is 1.12. The van der Waals surface area contributed by atoms with Crippen LogP contribution in [0.25, 0.3) is 0 Å². The van der Waals surface area contributed by atoms with Gasteiger partial charge in [-0.3, -0.25) is 4.99 Å². The molecular weight excluding hydrogens is 167 g/mol. The van der Waals surface area contributed by atoms with E-state index in [-0.39, 0.29) is 11.9 Å². The molecule has 1 rings (SSSR count). The smallest absolute Gasteiger partial charge is 0.123 e. The van der Waals surface area contributed by atoms with E-state index in [1.54, 1.807) is 19.1 Å². The zero-order valence-electron chi connectivity index (χ0n) is 7.79. The Labute approximate surface area is 77.3 Å².